The number of anilines is 1. The fraction of sp³-hybridized carbons (Fsp3) is 0.0455. The first kappa shape index (κ1) is 18.9. The van der Waals surface area contributed by atoms with Crippen LogP contribution in [0.1, 0.15) is 16.0 Å². The number of nitriles is 1. The summed E-state index contributed by atoms with van der Waals surface area (Å²) in [4.78, 5) is 20.9. The number of benzene rings is 2. The summed E-state index contributed by atoms with van der Waals surface area (Å²) in [6.45, 7) is 0. The van der Waals surface area contributed by atoms with E-state index in [0.717, 1.165) is 26.9 Å². The maximum atomic E-state index is 12.6. The Morgan fingerprint density at radius 3 is 2.97 bits per heavy atom. The van der Waals surface area contributed by atoms with E-state index in [1.807, 2.05) is 54.6 Å². The predicted octanol–water partition coefficient (Wildman–Crippen LogP) is 5.41. The van der Waals surface area contributed by atoms with Crippen LogP contribution in [-0.4, -0.2) is 15.9 Å². The number of amides is 1. The zero-order chi connectivity index (χ0) is 20.2. The first-order chi connectivity index (χ1) is 14.1. The summed E-state index contributed by atoms with van der Waals surface area (Å²) >= 11 is 7.39. The van der Waals surface area contributed by atoms with Gasteiger partial charge in [0.1, 0.15) is 11.6 Å². The number of hydrogen-bond acceptors (Lipinski definition) is 4. The van der Waals surface area contributed by atoms with E-state index in [1.54, 1.807) is 18.5 Å². The Labute approximate surface area is 176 Å². The third-order valence-corrected chi connectivity index (χ3v) is 5.48. The average molecular weight is 419 g/mol. The van der Waals surface area contributed by atoms with Crippen LogP contribution in [-0.2, 0) is 11.2 Å². The lowest BCUT2D eigenvalue weighted by Crippen LogP contribution is -2.13. The number of para-hydroxylation sites is 1. The van der Waals surface area contributed by atoms with Gasteiger partial charge in [0.2, 0.25) is 0 Å². The molecule has 7 heteroatoms. The van der Waals surface area contributed by atoms with Gasteiger partial charge in [-0.05, 0) is 29.8 Å². The van der Waals surface area contributed by atoms with E-state index in [4.69, 9.17) is 11.6 Å². The van der Waals surface area contributed by atoms with E-state index >= 15 is 0 Å². The Morgan fingerprint density at radius 2 is 2.14 bits per heavy atom. The van der Waals surface area contributed by atoms with Crippen LogP contribution in [0, 0.1) is 11.3 Å². The molecule has 0 spiro atoms. The Bertz CT molecular complexity index is 1270. The Balaban J connectivity index is 1.49. The van der Waals surface area contributed by atoms with Gasteiger partial charge < -0.3 is 4.98 Å². The maximum absolute atomic E-state index is 12.6. The van der Waals surface area contributed by atoms with Gasteiger partial charge in [-0.1, -0.05) is 41.9 Å². The zero-order valence-electron chi connectivity index (χ0n) is 15.1. The minimum atomic E-state index is -0.485. The van der Waals surface area contributed by atoms with Crippen LogP contribution in [0.4, 0.5) is 5.13 Å². The van der Waals surface area contributed by atoms with Crippen molar-refractivity contribution in [3.8, 4) is 6.07 Å². The third-order valence-electron chi connectivity index (χ3n) is 4.33. The van der Waals surface area contributed by atoms with E-state index in [0.29, 0.717) is 16.6 Å². The molecule has 0 radical (unpaired) electrons. The van der Waals surface area contributed by atoms with Gasteiger partial charge in [-0.15, -0.1) is 11.3 Å². The van der Waals surface area contributed by atoms with Crippen molar-refractivity contribution in [1.82, 2.24) is 9.97 Å². The number of nitrogens with zero attached hydrogens (tertiary/aromatic N) is 2. The summed E-state index contributed by atoms with van der Waals surface area (Å²) in [5.74, 6) is -0.485. The van der Waals surface area contributed by atoms with Gasteiger partial charge in [0, 0.05) is 45.2 Å². The van der Waals surface area contributed by atoms with E-state index in [1.165, 1.54) is 11.3 Å². The number of H-pyrrole nitrogens is 1. The normalized spacial score (nSPS) is 11.4. The second kappa shape index (κ2) is 8.31. The molecule has 0 atom stereocenters. The molecule has 2 N–H and O–H groups in total. The summed E-state index contributed by atoms with van der Waals surface area (Å²) in [5.41, 5.74) is 2.81. The maximum Gasteiger partial charge on any atom is 0.268 e. The van der Waals surface area contributed by atoms with Gasteiger partial charge in [0.15, 0.2) is 5.13 Å². The number of aromatic nitrogens is 2. The van der Waals surface area contributed by atoms with Crippen molar-refractivity contribution < 1.29 is 4.79 Å². The van der Waals surface area contributed by atoms with Crippen LogP contribution in [0.2, 0.25) is 5.02 Å². The van der Waals surface area contributed by atoms with Crippen molar-refractivity contribution in [2.75, 3.05) is 5.32 Å². The van der Waals surface area contributed by atoms with Crippen LogP contribution in [0.5, 0.6) is 0 Å². The number of aromatic amines is 1. The van der Waals surface area contributed by atoms with Crippen molar-refractivity contribution in [3.05, 3.63) is 87.5 Å². The fourth-order valence-corrected chi connectivity index (χ4v) is 4.03. The molecule has 29 heavy (non-hydrogen) atoms. The summed E-state index contributed by atoms with van der Waals surface area (Å²) < 4.78 is 0. The molecule has 2 heterocycles. The van der Waals surface area contributed by atoms with Gasteiger partial charge in [-0.3, -0.25) is 10.1 Å². The molecule has 4 aromatic rings. The van der Waals surface area contributed by atoms with E-state index in [-0.39, 0.29) is 5.57 Å². The number of rotatable bonds is 5. The minimum absolute atomic E-state index is 0.0151. The van der Waals surface area contributed by atoms with E-state index in [9.17, 15) is 10.1 Å². The standard InChI is InChI=1S/C22H15ClN4OS/c23-17-5-3-4-14(8-17)9-18-13-26-22(29-18)27-21(28)15(11-24)10-16-12-25-20-7-2-1-6-19(16)20/h1-8,10,12-13,25H,9H2,(H,26,27,28). The lowest BCUT2D eigenvalue weighted by atomic mass is 10.1. The minimum Gasteiger partial charge on any atom is -0.361 e. The molecule has 0 saturated carbocycles. The SMILES string of the molecule is N#CC(=Cc1c[nH]c2ccccc12)C(=O)Nc1ncc(Cc2cccc(Cl)c2)s1. The van der Waals surface area contributed by atoms with Crippen LogP contribution >= 0.6 is 22.9 Å². The van der Waals surface area contributed by atoms with Crippen LogP contribution in [0.3, 0.4) is 0 Å². The summed E-state index contributed by atoms with van der Waals surface area (Å²) in [7, 11) is 0. The molecule has 0 saturated heterocycles. The topological polar surface area (TPSA) is 81.6 Å². The molecule has 0 aliphatic carbocycles. The molecule has 1 amide bonds. The lowest BCUT2D eigenvalue weighted by molar-refractivity contribution is -0.112. The Kier molecular flexibility index (Phi) is 5.43. The summed E-state index contributed by atoms with van der Waals surface area (Å²) in [6.07, 6.45) is 5.75. The molecule has 142 valence electrons. The molecule has 0 aliphatic heterocycles. The molecule has 0 aliphatic rings. The molecule has 0 bridgehead atoms. The second-order valence-corrected chi connectivity index (χ2v) is 7.90. The zero-order valence-corrected chi connectivity index (χ0v) is 16.7. The largest absolute Gasteiger partial charge is 0.361 e. The van der Waals surface area contributed by atoms with Crippen LogP contribution in [0.15, 0.2) is 66.5 Å². The van der Waals surface area contributed by atoms with Crippen molar-refractivity contribution in [2.24, 2.45) is 0 Å². The van der Waals surface area contributed by atoms with Crippen LogP contribution < -0.4 is 5.32 Å². The smallest absolute Gasteiger partial charge is 0.268 e. The van der Waals surface area contributed by atoms with Gasteiger partial charge in [-0.2, -0.15) is 5.26 Å². The fourth-order valence-electron chi connectivity index (χ4n) is 2.98. The van der Waals surface area contributed by atoms with Crippen LogP contribution in [0.25, 0.3) is 17.0 Å². The highest BCUT2D eigenvalue weighted by Crippen LogP contribution is 2.24. The molecule has 2 aromatic heterocycles. The molecule has 4 rings (SSSR count). The number of carbonyl (C=O) groups excluding carboxylic acids is 1. The van der Waals surface area contributed by atoms with Gasteiger partial charge in [-0.25, -0.2) is 4.98 Å². The highest BCUT2D eigenvalue weighted by Gasteiger charge is 2.13. The highest BCUT2D eigenvalue weighted by atomic mass is 35.5. The van der Waals surface area contributed by atoms with E-state index in [2.05, 4.69) is 15.3 Å². The predicted molar refractivity (Wildman–Crippen MR) is 117 cm³/mol. The first-order valence-corrected chi connectivity index (χ1v) is 10.0. The highest BCUT2D eigenvalue weighted by molar-refractivity contribution is 7.15. The second-order valence-electron chi connectivity index (χ2n) is 6.35. The number of hydrogen-bond donors (Lipinski definition) is 2. The van der Waals surface area contributed by atoms with Gasteiger partial charge in [0.25, 0.3) is 5.91 Å². The molecule has 0 unspecified atom stereocenters. The first-order valence-electron chi connectivity index (χ1n) is 8.81. The molecule has 0 fully saturated rings. The molecular weight excluding hydrogens is 404 g/mol. The monoisotopic (exact) mass is 418 g/mol. The quantitative estimate of drug-likeness (QED) is 0.335. The average Bonchev–Trinajstić information content (AvgIpc) is 3.33. The number of nitrogens with one attached hydrogen (secondary N) is 2. The number of thiazole rings is 1. The summed E-state index contributed by atoms with van der Waals surface area (Å²) in [6, 6.07) is 17.3. The number of fused-ring (bicyclic) bond motifs is 1. The Hall–Kier alpha value is -3.40. The number of halogens is 1. The third kappa shape index (κ3) is 4.37. The molecular formula is C22H15ClN4OS. The van der Waals surface area contributed by atoms with E-state index < -0.39 is 5.91 Å². The summed E-state index contributed by atoms with van der Waals surface area (Å²) in [5, 5.41) is 14.2. The van der Waals surface area contributed by atoms with Crippen molar-refractivity contribution in [2.45, 2.75) is 6.42 Å². The molecule has 2 aromatic carbocycles. The van der Waals surface area contributed by atoms with Crippen molar-refractivity contribution in [3.63, 3.8) is 0 Å². The molecule has 5 nitrogen and oxygen atoms in total. The van der Waals surface area contributed by atoms with Crippen molar-refractivity contribution in [1.29, 1.82) is 5.26 Å². The van der Waals surface area contributed by atoms with Gasteiger partial charge >= 0.3 is 0 Å². The number of carbonyl (C=O) groups is 1. The lowest BCUT2D eigenvalue weighted by Gasteiger charge is -2.00. The Morgan fingerprint density at radius 1 is 1.28 bits per heavy atom. The van der Waals surface area contributed by atoms with Crippen molar-refractivity contribution >= 4 is 51.0 Å². The van der Waals surface area contributed by atoms with Gasteiger partial charge in [0.05, 0.1) is 0 Å².